The Hall–Kier alpha value is -2.52. The SMILES string of the molecule is Cc1noc(C)c1S(=O)(=O)N1CCCC(Cn2c(C)cnc2-c2cccnc2)C1. The molecule has 0 spiro atoms. The Balaban J connectivity index is 1.57. The van der Waals surface area contributed by atoms with Crippen LogP contribution >= 0.6 is 0 Å². The van der Waals surface area contributed by atoms with Crippen LogP contribution in [0, 0.1) is 26.7 Å². The van der Waals surface area contributed by atoms with Gasteiger partial charge in [0.25, 0.3) is 0 Å². The minimum atomic E-state index is -3.62. The molecule has 0 aliphatic carbocycles. The highest BCUT2D eigenvalue weighted by Gasteiger charge is 2.34. The van der Waals surface area contributed by atoms with Gasteiger partial charge in [-0.05, 0) is 51.7 Å². The van der Waals surface area contributed by atoms with E-state index < -0.39 is 10.0 Å². The number of piperidine rings is 1. The van der Waals surface area contributed by atoms with Gasteiger partial charge >= 0.3 is 0 Å². The number of imidazole rings is 1. The van der Waals surface area contributed by atoms with E-state index in [-0.39, 0.29) is 10.8 Å². The van der Waals surface area contributed by atoms with E-state index in [4.69, 9.17) is 4.52 Å². The smallest absolute Gasteiger partial charge is 0.248 e. The van der Waals surface area contributed by atoms with Crippen molar-refractivity contribution in [2.24, 2.45) is 5.92 Å². The predicted octanol–water partition coefficient (Wildman–Crippen LogP) is 2.96. The van der Waals surface area contributed by atoms with Crippen LogP contribution in [0.5, 0.6) is 0 Å². The number of aryl methyl sites for hydroxylation is 3. The first-order valence-electron chi connectivity index (χ1n) is 9.73. The van der Waals surface area contributed by atoms with Gasteiger partial charge in [0.2, 0.25) is 10.0 Å². The molecule has 0 N–H and O–H groups in total. The highest BCUT2D eigenvalue weighted by Crippen LogP contribution is 2.29. The highest BCUT2D eigenvalue weighted by atomic mass is 32.2. The van der Waals surface area contributed by atoms with Crippen LogP contribution in [0.25, 0.3) is 11.4 Å². The van der Waals surface area contributed by atoms with Gasteiger partial charge in [-0.3, -0.25) is 4.98 Å². The molecular weight excluding hydrogens is 390 g/mol. The molecule has 0 bridgehead atoms. The molecule has 1 fully saturated rings. The van der Waals surface area contributed by atoms with Crippen LogP contribution in [0.1, 0.15) is 30.0 Å². The van der Waals surface area contributed by atoms with E-state index in [9.17, 15) is 8.42 Å². The van der Waals surface area contributed by atoms with Gasteiger partial charge in [0.05, 0.1) is 0 Å². The van der Waals surface area contributed by atoms with E-state index in [1.54, 1.807) is 30.5 Å². The summed E-state index contributed by atoms with van der Waals surface area (Å²) in [7, 11) is -3.62. The van der Waals surface area contributed by atoms with Crippen molar-refractivity contribution in [2.45, 2.75) is 45.1 Å². The van der Waals surface area contributed by atoms with Gasteiger partial charge in [-0.2, -0.15) is 4.31 Å². The lowest BCUT2D eigenvalue weighted by Crippen LogP contribution is -2.41. The monoisotopic (exact) mass is 415 g/mol. The van der Waals surface area contributed by atoms with Gasteiger partial charge in [-0.1, -0.05) is 5.16 Å². The van der Waals surface area contributed by atoms with Crippen LogP contribution in [0.3, 0.4) is 0 Å². The molecule has 0 amide bonds. The first kappa shape index (κ1) is 19.8. The fourth-order valence-corrected chi connectivity index (χ4v) is 5.89. The van der Waals surface area contributed by atoms with Gasteiger partial charge in [0.15, 0.2) is 5.76 Å². The maximum absolute atomic E-state index is 13.2. The standard InChI is InChI=1S/C20H25N5O3S/c1-14-10-22-20(18-7-4-8-21-11-18)25(14)13-17-6-5-9-24(12-17)29(26,27)19-15(2)23-28-16(19)3/h4,7-8,10-11,17H,5-6,9,12-13H2,1-3H3. The lowest BCUT2D eigenvalue weighted by atomic mass is 9.99. The molecule has 1 saturated heterocycles. The molecule has 0 radical (unpaired) electrons. The molecule has 1 aliphatic rings. The van der Waals surface area contributed by atoms with Crippen LogP contribution in [-0.4, -0.2) is 45.5 Å². The van der Waals surface area contributed by atoms with Crippen LogP contribution in [0.15, 0.2) is 40.1 Å². The summed E-state index contributed by atoms with van der Waals surface area (Å²) in [5.74, 6) is 1.40. The molecule has 1 atom stereocenters. The van der Waals surface area contributed by atoms with Crippen molar-refractivity contribution >= 4 is 10.0 Å². The van der Waals surface area contributed by atoms with Crippen molar-refractivity contribution in [3.63, 3.8) is 0 Å². The molecule has 4 heterocycles. The predicted molar refractivity (Wildman–Crippen MR) is 108 cm³/mol. The highest BCUT2D eigenvalue weighted by molar-refractivity contribution is 7.89. The average molecular weight is 416 g/mol. The molecule has 0 saturated carbocycles. The van der Waals surface area contributed by atoms with Crippen molar-refractivity contribution in [3.8, 4) is 11.4 Å². The van der Waals surface area contributed by atoms with Crippen LogP contribution in [0.4, 0.5) is 0 Å². The molecule has 154 valence electrons. The summed E-state index contributed by atoms with van der Waals surface area (Å²) in [4.78, 5) is 8.95. The van der Waals surface area contributed by atoms with Crippen molar-refractivity contribution < 1.29 is 12.9 Å². The van der Waals surface area contributed by atoms with Gasteiger partial charge < -0.3 is 9.09 Å². The summed E-state index contributed by atoms with van der Waals surface area (Å²) in [5, 5.41) is 3.81. The van der Waals surface area contributed by atoms with Gasteiger partial charge in [-0.25, -0.2) is 13.4 Å². The van der Waals surface area contributed by atoms with Crippen molar-refractivity contribution in [3.05, 3.63) is 47.9 Å². The summed E-state index contributed by atoms with van der Waals surface area (Å²) >= 11 is 0. The lowest BCUT2D eigenvalue weighted by Gasteiger charge is -2.32. The maximum Gasteiger partial charge on any atom is 0.248 e. The minimum Gasteiger partial charge on any atom is -0.360 e. The number of sulfonamides is 1. The molecule has 0 aromatic carbocycles. The normalized spacial score (nSPS) is 18.2. The van der Waals surface area contributed by atoms with E-state index in [0.717, 1.165) is 29.9 Å². The van der Waals surface area contributed by atoms with Crippen molar-refractivity contribution in [1.29, 1.82) is 0 Å². The van der Waals surface area contributed by atoms with Gasteiger partial charge in [-0.15, -0.1) is 0 Å². The number of hydrogen-bond acceptors (Lipinski definition) is 6. The number of hydrogen-bond donors (Lipinski definition) is 0. The minimum absolute atomic E-state index is 0.197. The maximum atomic E-state index is 13.2. The molecule has 9 heteroatoms. The second-order valence-electron chi connectivity index (χ2n) is 7.60. The fraction of sp³-hybridized carbons (Fsp3) is 0.450. The zero-order valence-electron chi connectivity index (χ0n) is 16.9. The zero-order valence-corrected chi connectivity index (χ0v) is 17.7. The number of aromatic nitrogens is 4. The third-order valence-electron chi connectivity index (χ3n) is 5.46. The Bertz CT molecular complexity index is 1090. The summed E-state index contributed by atoms with van der Waals surface area (Å²) in [6.45, 7) is 7.03. The molecule has 29 heavy (non-hydrogen) atoms. The van der Waals surface area contributed by atoms with E-state index in [1.807, 2.05) is 25.3 Å². The summed E-state index contributed by atoms with van der Waals surface area (Å²) in [5.41, 5.74) is 2.42. The Labute approximate surface area is 170 Å². The van der Waals surface area contributed by atoms with E-state index in [0.29, 0.717) is 31.1 Å². The van der Waals surface area contributed by atoms with Crippen molar-refractivity contribution in [1.82, 2.24) is 24.0 Å². The van der Waals surface area contributed by atoms with Gasteiger partial charge in [0.1, 0.15) is 16.4 Å². The Morgan fingerprint density at radius 2 is 2.07 bits per heavy atom. The number of pyridine rings is 1. The summed E-state index contributed by atoms with van der Waals surface area (Å²) < 4.78 is 35.2. The largest absolute Gasteiger partial charge is 0.360 e. The summed E-state index contributed by atoms with van der Waals surface area (Å²) in [6, 6.07) is 3.88. The molecule has 3 aromatic heterocycles. The van der Waals surface area contributed by atoms with Crippen molar-refractivity contribution in [2.75, 3.05) is 13.1 Å². The fourth-order valence-electron chi connectivity index (χ4n) is 4.04. The zero-order chi connectivity index (χ0) is 20.6. The molecule has 1 aliphatic heterocycles. The van der Waals surface area contributed by atoms with Crippen LogP contribution in [-0.2, 0) is 16.6 Å². The molecule has 3 aromatic rings. The molecular formula is C20H25N5O3S. The quantitative estimate of drug-likeness (QED) is 0.636. The first-order chi connectivity index (χ1) is 13.9. The second-order valence-corrected chi connectivity index (χ2v) is 9.47. The second kappa shape index (κ2) is 7.72. The van der Waals surface area contributed by atoms with Crippen LogP contribution < -0.4 is 0 Å². The Morgan fingerprint density at radius 1 is 1.24 bits per heavy atom. The Kier molecular flexibility index (Phi) is 5.26. The Morgan fingerprint density at radius 3 is 2.76 bits per heavy atom. The molecule has 1 unspecified atom stereocenters. The first-order valence-corrected chi connectivity index (χ1v) is 11.2. The molecule has 8 nitrogen and oxygen atoms in total. The molecule has 4 rings (SSSR count). The lowest BCUT2D eigenvalue weighted by molar-refractivity contribution is 0.244. The van der Waals surface area contributed by atoms with E-state index in [2.05, 4.69) is 19.7 Å². The van der Waals surface area contributed by atoms with E-state index >= 15 is 0 Å². The van der Waals surface area contributed by atoms with Crippen LogP contribution in [0.2, 0.25) is 0 Å². The third-order valence-corrected chi connectivity index (χ3v) is 7.57. The topological polar surface area (TPSA) is 94.1 Å². The summed E-state index contributed by atoms with van der Waals surface area (Å²) in [6.07, 6.45) is 7.18. The van der Waals surface area contributed by atoms with E-state index in [1.165, 1.54) is 0 Å². The van der Waals surface area contributed by atoms with Gasteiger partial charge in [0, 0.05) is 49.5 Å². The number of rotatable bonds is 5. The third kappa shape index (κ3) is 3.72. The number of nitrogens with zero attached hydrogens (tertiary/aromatic N) is 5. The average Bonchev–Trinajstić information content (AvgIpc) is 3.25.